The molecular formula is C37H53N7O3S. The molecule has 2 amide bonds. The number of amides is 2. The smallest absolute Gasteiger partial charge is 0.314 e. The van der Waals surface area contributed by atoms with Crippen LogP contribution in [0.4, 0.5) is 10.5 Å². The Kier molecular flexibility index (Phi) is 10.5. The van der Waals surface area contributed by atoms with Gasteiger partial charge in [0.25, 0.3) is 0 Å². The number of anilines is 1. The fourth-order valence-corrected chi connectivity index (χ4v) is 10.4. The highest BCUT2D eigenvalue weighted by atomic mass is 32.2. The van der Waals surface area contributed by atoms with Crippen LogP contribution in [0.1, 0.15) is 50.2 Å². The van der Waals surface area contributed by atoms with E-state index in [4.69, 9.17) is 5.41 Å². The Hall–Kier alpha value is -3.41. The van der Waals surface area contributed by atoms with Crippen molar-refractivity contribution in [3.63, 3.8) is 0 Å². The van der Waals surface area contributed by atoms with Crippen LogP contribution in [-0.2, 0) is 21.8 Å². The van der Waals surface area contributed by atoms with E-state index in [0.717, 1.165) is 83.5 Å². The molecule has 6 rings (SSSR count). The van der Waals surface area contributed by atoms with E-state index >= 15 is 0 Å². The minimum atomic E-state index is -3.72. The number of benzene rings is 2. The number of nitrogens with one attached hydrogen (secondary N) is 4. The van der Waals surface area contributed by atoms with Gasteiger partial charge in [0.15, 0.2) is 0 Å². The summed E-state index contributed by atoms with van der Waals surface area (Å²) in [7, 11) is -0.388. The number of nitrogens with zero attached hydrogens (tertiary/aromatic N) is 3. The maximum absolute atomic E-state index is 12.9. The monoisotopic (exact) mass is 675 g/mol. The van der Waals surface area contributed by atoms with E-state index in [1.165, 1.54) is 30.2 Å². The summed E-state index contributed by atoms with van der Waals surface area (Å²) in [6.45, 7) is 10.6. The lowest BCUT2D eigenvalue weighted by atomic mass is 9.56. The SMILES string of the molecule is CCN1Cc2ccccc2C(C2CCN(CC3CN(c4ccc(S(=O)(=O)/C(C=N)=C/NC)cc4)C3)CC2)([C@H]2CCC[C@@H]2NC(=O)NC)C1. The summed E-state index contributed by atoms with van der Waals surface area (Å²) in [6, 6.07) is 16.3. The summed E-state index contributed by atoms with van der Waals surface area (Å²) in [5, 5.41) is 16.4. The van der Waals surface area contributed by atoms with Gasteiger partial charge >= 0.3 is 6.03 Å². The van der Waals surface area contributed by atoms with Gasteiger partial charge in [-0.25, -0.2) is 13.2 Å². The molecular weight excluding hydrogens is 623 g/mol. The number of allylic oxidation sites excluding steroid dienone is 1. The molecule has 4 N–H and O–H groups in total. The molecule has 3 heterocycles. The number of hydrogen-bond acceptors (Lipinski definition) is 8. The number of piperidine rings is 1. The molecule has 2 saturated heterocycles. The van der Waals surface area contributed by atoms with Crippen LogP contribution in [0.25, 0.3) is 0 Å². The molecule has 11 heteroatoms. The molecule has 260 valence electrons. The van der Waals surface area contributed by atoms with Crippen molar-refractivity contribution in [2.24, 2.45) is 17.8 Å². The molecule has 3 aliphatic heterocycles. The van der Waals surface area contributed by atoms with Gasteiger partial charge in [-0.05, 0) is 92.5 Å². The number of likely N-dealkylation sites (N-methyl/N-ethyl adjacent to an activating group) is 1. The first kappa shape index (κ1) is 34.5. The quantitative estimate of drug-likeness (QED) is 0.264. The minimum absolute atomic E-state index is 0.0222. The van der Waals surface area contributed by atoms with Gasteiger partial charge in [-0.2, -0.15) is 0 Å². The molecule has 0 spiro atoms. The lowest BCUT2D eigenvalue weighted by Gasteiger charge is -2.55. The van der Waals surface area contributed by atoms with Gasteiger partial charge in [0.05, 0.1) is 4.90 Å². The predicted octanol–water partition coefficient (Wildman–Crippen LogP) is 4.19. The highest BCUT2D eigenvalue weighted by molar-refractivity contribution is 7.96. The Morgan fingerprint density at radius 3 is 2.40 bits per heavy atom. The maximum atomic E-state index is 12.9. The van der Waals surface area contributed by atoms with Crippen LogP contribution < -0.4 is 20.9 Å². The molecule has 1 aliphatic carbocycles. The second-order valence-corrected chi connectivity index (χ2v) is 16.1. The first-order chi connectivity index (χ1) is 23.2. The summed E-state index contributed by atoms with van der Waals surface area (Å²) in [6.07, 6.45) is 7.89. The summed E-state index contributed by atoms with van der Waals surface area (Å²) in [5.74, 6) is 1.56. The number of likely N-dealkylation sites (tertiary alicyclic amines) is 1. The Morgan fingerprint density at radius 1 is 1.00 bits per heavy atom. The van der Waals surface area contributed by atoms with Crippen molar-refractivity contribution in [2.45, 2.75) is 61.9 Å². The molecule has 4 aliphatic rings. The van der Waals surface area contributed by atoms with Crippen molar-refractivity contribution in [3.05, 3.63) is 70.8 Å². The van der Waals surface area contributed by atoms with E-state index in [0.29, 0.717) is 17.8 Å². The van der Waals surface area contributed by atoms with Crippen LogP contribution in [0.5, 0.6) is 0 Å². The van der Waals surface area contributed by atoms with Gasteiger partial charge in [0, 0.05) is 82.3 Å². The van der Waals surface area contributed by atoms with Crippen molar-refractivity contribution >= 4 is 27.8 Å². The van der Waals surface area contributed by atoms with Crippen molar-refractivity contribution in [1.82, 2.24) is 25.8 Å². The molecule has 2 aromatic carbocycles. The number of fused-ring (bicyclic) bond motifs is 1. The maximum Gasteiger partial charge on any atom is 0.314 e. The van der Waals surface area contributed by atoms with E-state index in [1.54, 1.807) is 26.2 Å². The molecule has 10 nitrogen and oxygen atoms in total. The normalized spacial score (nSPS) is 26.1. The van der Waals surface area contributed by atoms with Crippen LogP contribution in [0, 0.1) is 23.2 Å². The van der Waals surface area contributed by atoms with Crippen LogP contribution >= 0.6 is 0 Å². The van der Waals surface area contributed by atoms with Gasteiger partial charge in [0.1, 0.15) is 4.91 Å². The van der Waals surface area contributed by atoms with Crippen molar-refractivity contribution in [1.29, 1.82) is 5.41 Å². The van der Waals surface area contributed by atoms with E-state index in [9.17, 15) is 13.2 Å². The number of carbonyl (C=O) groups excluding carboxylic acids is 1. The predicted molar refractivity (Wildman–Crippen MR) is 192 cm³/mol. The van der Waals surface area contributed by atoms with Crippen molar-refractivity contribution in [3.8, 4) is 0 Å². The van der Waals surface area contributed by atoms with Crippen LogP contribution in [0.2, 0.25) is 0 Å². The third kappa shape index (κ3) is 6.61. The number of sulfone groups is 1. The zero-order valence-electron chi connectivity index (χ0n) is 28.7. The van der Waals surface area contributed by atoms with E-state index in [1.807, 2.05) is 12.1 Å². The highest BCUT2D eigenvalue weighted by Crippen LogP contribution is 2.53. The average molecular weight is 676 g/mol. The standard InChI is InChI=1S/C37H53N7O3S/c1-4-42-25-28-8-5-6-9-33(28)37(26-42,34-10-7-11-35(34)41-36(45)40-3)29-16-18-43(19-17-29)22-27-23-44(24-27)30-12-14-31(15-13-30)48(46,47)32(20-38)21-39-2/h5-6,8-9,12-15,20-21,27,29,34-35,38-39H,4,7,10-11,16-19,22-26H2,1-3H3,(H2,40,41,45)/b32-21+,38-20?/t34-,35-,37?/m0/s1. The fraction of sp³-hybridized carbons (Fsp3) is 0.568. The second kappa shape index (κ2) is 14.6. The average Bonchev–Trinajstić information content (AvgIpc) is 3.56. The number of urea groups is 1. The van der Waals surface area contributed by atoms with Gasteiger partial charge in [0.2, 0.25) is 9.84 Å². The third-order valence-corrected chi connectivity index (χ3v) is 13.4. The molecule has 1 unspecified atom stereocenters. The molecule has 48 heavy (non-hydrogen) atoms. The van der Waals surface area contributed by atoms with Crippen molar-refractivity contribution < 1.29 is 13.2 Å². The zero-order chi connectivity index (χ0) is 33.9. The lowest BCUT2D eigenvalue weighted by Crippen LogP contribution is -2.60. The first-order valence-corrected chi connectivity index (χ1v) is 19.2. The van der Waals surface area contributed by atoms with Gasteiger partial charge in [-0.3, -0.25) is 4.90 Å². The largest absolute Gasteiger partial charge is 0.393 e. The molecule has 0 bridgehead atoms. The van der Waals surface area contributed by atoms with Crippen LogP contribution in [0.15, 0.2) is 64.5 Å². The van der Waals surface area contributed by atoms with E-state index in [-0.39, 0.29) is 27.3 Å². The van der Waals surface area contributed by atoms with Gasteiger partial charge < -0.3 is 31.2 Å². The Morgan fingerprint density at radius 2 is 1.73 bits per heavy atom. The Bertz CT molecular complexity index is 1580. The van der Waals surface area contributed by atoms with E-state index in [2.05, 4.69) is 61.8 Å². The van der Waals surface area contributed by atoms with Crippen LogP contribution in [-0.4, -0.2) is 96.4 Å². The highest BCUT2D eigenvalue weighted by Gasteiger charge is 2.54. The van der Waals surface area contributed by atoms with Crippen molar-refractivity contribution in [2.75, 3.05) is 64.8 Å². The van der Waals surface area contributed by atoms with Crippen LogP contribution in [0.3, 0.4) is 0 Å². The number of carbonyl (C=O) groups is 1. The third-order valence-electron chi connectivity index (χ3n) is 11.6. The lowest BCUT2D eigenvalue weighted by molar-refractivity contribution is 0.0288. The zero-order valence-corrected chi connectivity index (χ0v) is 29.6. The molecule has 2 aromatic rings. The van der Waals surface area contributed by atoms with Gasteiger partial charge in [-0.15, -0.1) is 0 Å². The minimum Gasteiger partial charge on any atom is -0.393 e. The molecule has 3 fully saturated rings. The number of rotatable bonds is 11. The summed E-state index contributed by atoms with van der Waals surface area (Å²) < 4.78 is 25.7. The summed E-state index contributed by atoms with van der Waals surface area (Å²) in [5.41, 5.74) is 4.05. The fourth-order valence-electron chi connectivity index (χ4n) is 9.25. The molecule has 0 aromatic heterocycles. The number of hydrogen-bond donors (Lipinski definition) is 4. The van der Waals surface area contributed by atoms with Gasteiger partial charge in [-0.1, -0.05) is 37.6 Å². The molecule has 1 saturated carbocycles. The molecule has 0 radical (unpaired) electrons. The van der Waals surface area contributed by atoms with E-state index < -0.39 is 9.84 Å². The topological polar surface area (TPSA) is 121 Å². The molecule has 3 atom stereocenters. The second-order valence-electron chi connectivity index (χ2n) is 14.2. The summed E-state index contributed by atoms with van der Waals surface area (Å²) >= 11 is 0. The summed E-state index contributed by atoms with van der Waals surface area (Å²) in [4.78, 5) is 20.3. The Labute approximate surface area is 286 Å². The first-order valence-electron chi connectivity index (χ1n) is 17.7. The Balaban J connectivity index is 1.11.